The summed E-state index contributed by atoms with van der Waals surface area (Å²) in [4.78, 5) is 36.2. The van der Waals surface area contributed by atoms with Gasteiger partial charge in [0.15, 0.2) is 0 Å². The zero-order chi connectivity index (χ0) is 23.6. The van der Waals surface area contributed by atoms with E-state index in [1.807, 2.05) is 36.4 Å². The number of hydrogen-bond acceptors (Lipinski definition) is 3. The number of hydrogen-bond donors (Lipinski definition) is 2. The molecule has 5 nitrogen and oxygen atoms in total. The molecule has 3 aromatic rings. The van der Waals surface area contributed by atoms with Gasteiger partial charge in [-0.1, -0.05) is 0 Å². The molecule has 0 aliphatic heterocycles. The molecule has 2 radical (unpaired) electrons. The molecule has 33 heavy (non-hydrogen) atoms. The van der Waals surface area contributed by atoms with Crippen molar-refractivity contribution in [1.82, 2.24) is 5.32 Å². The van der Waals surface area contributed by atoms with Gasteiger partial charge in [0.05, 0.1) is 0 Å². The Bertz CT molecular complexity index is 1220. The first-order valence-corrected chi connectivity index (χ1v) is 14.3. The topological polar surface area (TPSA) is 83.5 Å². The van der Waals surface area contributed by atoms with Gasteiger partial charge in [-0.2, -0.15) is 0 Å². The molecule has 1 aliphatic rings. The normalized spacial score (nSPS) is 14.6. The van der Waals surface area contributed by atoms with Crippen molar-refractivity contribution in [2.24, 2.45) is 0 Å². The van der Waals surface area contributed by atoms with Gasteiger partial charge >= 0.3 is 197 Å². The molecular formula is C26H23As2NO4. The number of benzene rings is 3. The predicted molar refractivity (Wildman–Crippen MR) is 131 cm³/mol. The molecule has 4 rings (SSSR count). The van der Waals surface area contributed by atoms with Gasteiger partial charge in [-0.05, 0) is 0 Å². The van der Waals surface area contributed by atoms with E-state index in [-0.39, 0.29) is 5.91 Å². The second kappa shape index (κ2) is 9.71. The summed E-state index contributed by atoms with van der Waals surface area (Å²) in [6, 6.07) is 21.4. The Kier molecular flexibility index (Phi) is 6.93. The van der Waals surface area contributed by atoms with Crippen molar-refractivity contribution >= 4 is 55.4 Å². The third kappa shape index (κ3) is 5.66. The fourth-order valence-electron chi connectivity index (χ4n) is 3.39. The molecule has 3 aromatic carbocycles. The summed E-state index contributed by atoms with van der Waals surface area (Å²) in [6.45, 7) is 4.16. The van der Waals surface area contributed by atoms with E-state index in [0.29, 0.717) is 21.8 Å². The molecule has 0 heterocycles. The quantitative estimate of drug-likeness (QED) is 0.414. The number of aryl methyl sites for hydroxylation is 2. The molecule has 0 saturated heterocycles. The van der Waals surface area contributed by atoms with Crippen LogP contribution in [0.3, 0.4) is 0 Å². The Morgan fingerprint density at radius 1 is 0.788 bits per heavy atom. The van der Waals surface area contributed by atoms with Crippen molar-refractivity contribution in [3.05, 3.63) is 83.4 Å². The maximum atomic E-state index is 12.6. The first kappa shape index (κ1) is 23.5. The number of nitrogens with one attached hydrogen (secondary N) is 1. The first-order chi connectivity index (χ1) is 15.8. The minimum absolute atomic E-state index is 0.365. The van der Waals surface area contributed by atoms with Gasteiger partial charge in [-0.25, -0.2) is 4.79 Å². The van der Waals surface area contributed by atoms with Crippen LogP contribution in [0.5, 0.6) is 0 Å². The van der Waals surface area contributed by atoms with Crippen LogP contribution in [0, 0.1) is 13.8 Å². The molecule has 2 N–H and O–H groups in total. The van der Waals surface area contributed by atoms with Crippen LogP contribution in [0.1, 0.15) is 34.3 Å². The van der Waals surface area contributed by atoms with Crippen LogP contribution in [0.2, 0.25) is 0 Å². The van der Waals surface area contributed by atoms with E-state index in [2.05, 4.69) is 37.4 Å². The van der Waals surface area contributed by atoms with Crippen molar-refractivity contribution in [1.29, 1.82) is 0 Å². The third-order valence-electron chi connectivity index (χ3n) is 5.80. The van der Waals surface area contributed by atoms with Crippen LogP contribution in [0.4, 0.5) is 4.79 Å². The van der Waals surface area contributed by atoms with Crippen LogP contribution in [-0.4, -0.2) is 57.4 Å². The fraction of sp³-hybridized carbons (Fsp3) is 0.192. The van der Waals surface area contributed by atoms with Gasteiger partial charge in [0, 0.05) is 0 Å². The summed E-state index contributed by atoms with van der Waals surface area (Å²) in [5.41, 5.74) is 3.79. The number of carbonyl (C=O) groups is 3. The van der Waals surface area contributed by atoms with E-state index in [1.165, 1.54) is 11.1 Å². The van der Waals surface area contributed by atoms with E-state index in [0.717, 1.165) is 19.8 Å². The SMILES string of the molecule is Cc1ccc([As]C(=O)[As]c2ccc(-c3ccc(C(=O)NC4(C(=O)O)CC4)cc3)cc2)cc1C. The molecule has 166 valence electrons. The van der Waals surface area contributed by atoms with Gasteiger partial charge in [0.25, 0.3) is 0 Å². The Labute approximate surface area is 206 Å². The number of aliphatic carboxylic acids is 1. The number of amides is 1. The number of carboxylic acid groups (broad SMARTS) is 1. The van der Waals surface area contributed by atoms with Crippen molar-refractivity contribution in [2.45, 2.75) is 32.2 Å². The Morgan fingerprint density at radius 3 is 1.88 bits per heavy atom. The van der Waals surface area contributed by atoms with Crippen molar-refractivity contribution in [2.75, 3.05) is 0 Å². The Morgan fingerprint density at radius 2 is 1.33 bits per heavy atom. The molecule has 7 heteroatoms. The molecular weight excluding hydrogens is 540 g/mol. The molecule has 1 amide bonds. The Balaban J connectivity index is 1.36. The average Bonchev–Trinajstić information content (AvgIpc) is 3.58. The third-order valence-corrected chi connectivity index (χ3v) is 11.1. The Hall–Kier alpha value is -2.61. The van der Waals surface area contributed by atoms with Gasteiger partial charge in [0.2, 0.25) is 0 Å². The second-order valence-electron chi connectivity index (χ2n) is 8.24. The summed E-state index contributed by atoms with van der Waals surface area (Å²) in [5, 5.41) is 11.9. The van der Waals surface area contributed by atoms with Crippen LogP contribution < -0.4 is 14.0 Å². The fourth-order valence-corrected chi connectivity index (χ4v) is 8.96. The van der Waals surface area contributed by atoms with Gasteiger partial charge in [-0.15, -0.1) is 0 Å². The molecule has 0 atom stereocenters. The molecule has 1 fully saturated rings. The van der Waals surface area contributed by atoms with E-state index < -0.39 is 43.0 Å². The number of carbonyl (C=O) groups excluding carboxylic acids is 2. The van der Waals surface area contributed by atoms with Gasteiger partial charge < -0.3 is 5.11 Å². The van der Waals surface area contributed by atoms with E-state index in [9.17, 15) is 19.5 Å². The molecule has 0 aromatic heterocycles. The summed E-state index contributed by atoms with van der Waals surface area (Å²) in [6.07, 6.45) is 0.936. The molecule has 0 bridgehead atoms. The van der Waals surface area contributed by atoms with E-state index in [1.54, 1.807) is 12.1 Å². The van der Waals surface area contributed by atoms with Crippen LogP contribution in [-0.2, 0) is 4.79 Å². The zero-order valence-corrected chi connectivity index (χ0v) is 22.1. The van der Waals surface area contributed by atoms with Gasteiger partial charge in [-0.3, -0.25) is 0 Å². The van der Waals surface area contributed by atoms with Crippen molar-refractivity contribution in [3.63, 3.8) is 0 Å². The van der Waals surface area contributed by atoms with E-state index >= 15 is 0 Å². The summed E-state index contributed by atoms with van der Waals surface area (Å²) < 4.78 is 2.61. The molecule has 0 spiro atoms. The summed E-state index contributed by atoms with van der Waals surface area (Å²) >= 11 is -0.997. The monoisotopic (exact) mass is 563 g/mol. The minimum atomic E-state index is -1.09. The summed E-state index contributed by atoms with van der Waals surface area (Å²) in [7, 11) is 0. The predicted octanol–water partition coefficient (Wildman–Crippen LogP) is 2.80. The van der Waals surface area contributed by atoms with Gasteiger partial charge in [0.1, 0.15) is 0 Å². The first-order valence-electron chi connectivity index (χ1n) is 10.6. The standard InChI is InChI=1S/C26H23As2NO4/c1-16-3-10-22(15-17(16)2)28-25(33)27-21-11-8-19(9-12-21)18-4-6-20(7-5-18)23(30)29-26(13-14-26)24(31)32/h3-12,15H,13-14H2,1-2H3,(H,29,30)(H,31,32). The maximum absolute atomic E-state index is 12.6. The number of carboxylic acids is 1. The molecule has 1 saturated carbocycles. The number of rotatable bonds is 8. The molecule has 1 aliphatic carbocycles. The van der Waals surface area contributed by atoms with Crippen LogP contribution in [0.15, 0.2) is 66.7 Å². The van der Waals surface area contributed by atoms with Crippen molar-refractivity contribution < 1.29 is 19.5 Å². The van der Waals surface area contributed by atoms with Crippen LogP contribution >= 0.6 is 0 Å². The molecule has 0 unspecified atom stereocenters. The van der Waals surface area contributed by atoms with Crippen molar-refractivity contribution in [3.8, 4) is 11.1 Å². The zero-order valence-electron chi connectivity index (χ0n) is 18.3. The average molecular weight is 563 g/mol. The van der Waals surface area contributed by atoms with E-state index in [4.69, 9.17) is 0 Å². The second-order valence-corrected chi connectivity index (χ2v) is 14.7. The van der Waals surface area contributed by atoms with Crippen LogP contribution in [0.25, 0.3) is 11.1 Å². The summed E-state index contributed by atoms with van der Waals surface area (Å²) in [5.74, 6) is -1.35.